The molecule has 0 aromatic carbocycles. The highest BCUT2D eigenvalue weighted by Gasteiger charge is 2.52. The highest BCUT2D eigenvalue weighted by atomic mass is 16.5. The second-order valence-electron chi connectivity index (χ2n) is 6.71. The maximum Gasteiger partial charge on any atom is 0.327 e. The van der Waals surface area contributed by atoms with Gasteiger partial charge in [-0.3, -0.25) is 4.90 Å². The van der Waals surface area contributed by atoms with E-state index >= 15 is 0 Å². The van der Waals surface area contributed by atoms with Crippen LogP contribution in [0.25, 0.3) is 0 Å². The third-order valence-electron chi connectivity index (χ3n) is 5.04. The van der Waals surface area contributed by atoms with Crippen LogP contribution in [-0.4, -0.2) is 74.7 Å². The molecule has 2 rings (SSSR count). The Bertz CT molecular complexity index is 357. The van der Waals surface area contributed by atoms with Crippen LogP contribution in [-0.2, 0) is 9.53 Å². The molecule has 21 heavy (non-hydrogen) atoms. The van der Waals surface area contributed by atoms with E-state index in [1.165, 1.54) is 12.8 Å². The lowest BCUT2D eigenvalue weighted by Crippen LogP contribution is -2.62. The second-order valence-corrected chi connectivity index (χ2v) is 6.71. The van der Waals surface area contributed by atoms with Crippen LogP contribution in [0.1, 0.15) is 32.6 Å². The lowest BCUT2D eigenvalue weighted by atomic mass is 9.91. The van der Waals surface area contributed by atoms with E-state index in [0.29, 0.717) is 18.6 Å². The monoisotopic (exact) mass is 297 g/mol. The number of hydrogen-bond donors (Lipinski definition) is 1. The fraction of sp³-hybridized carbons (Fsp3) is 0.938. The van der Waals surface area contributed by atoms with E-state index in [1.807, 2.05) is 14.0 Å². The number of rotatable bonds is 7. The number of carbonyl (C=O) groups is 1. The van der Waals surface area contributed by atoms with Crippen LogP contribution in [0, 0.1) is 5.92 Å². The van der Waals surface area contributed by atoms with E-state index in [2.05, 4.69) is 29.2 Å². The number of hydrogen-bond acceptors (Lipinski definition) is 5. The van der Waals surface area contributed by atoms with E-state index in [-0.39, 0.29) is 5.97 Å². The average Bonchev–Trinajstić information content (AvgIpc) is 3.30. The Morgan fingerprint density at radius 2 is 2.10 bits per heavy atom. The highest BCUT2D eigenvalue weighted by Crippen LogP contribution is 2.41. The first-order chi connectivity index (χ1) is 10.0. The summed E-state index contributed by atoms with van der Waals surface area (Å²) in [5, 5.41) is 3.32. The smallest absolute Gasteiger partial charge is 0.327 e. The van der Waals surface area contributed by atoms with Gasteiger partial charge in [0, 0.05) is 19.1 Å². The van der Waals surface area contributed by atoms with Crippen LogP contribution in [0.3, 0.4) is 0 Å². The summed E-state index contributed by atoms with van der Waals surface area (Å²) >= 11 is 0. The summed E-state index contributed by atoms with van der Waals surface area (Å²) in [6, 6.07) is 0.592. The molecular weight excluding hydrogens is 266 g/mol. The van der Waals surface area contributed by atoms with Crippen LogP contribution < -0.4 is 5.32 Å². The minimum absolute atomic E-state index is 0.0676. The molecular formula is C16H31N3O2. The molecule has 2 atom stereocenters. The summed E-state index contributed by atoms with van der Waals surface area (Å²) < 4.78 is 5.38. The van der Waals surface area contributed by atoms with Crippen molar-refractivity contribution in [2.24, 2.45) is 5.92 Å². The predicted molar refractivity (Wildman–Crippen MR) is 84.3 cm³/mol. The van der Waals surface area contributed by atoms with Crippen LogP contribution >= 0.6 is 0 Å². The average molecular weight is 297 g/mol. The number of nitrogens with one attached hydrogen (secondary N) is 1. The molecule has 1 saturated heterocycles. The van der Waals surface area contributed by atoms with Crippen LogP contribution in [0.15, 0.2) is 0 Å². The summed E-state index contributed by atoms with van der Waals surface area (Å²) in [6.07, 6.45) is 4.71. The molecule has 0 amide bonds. The van der Waals surface area contributed by atoms with Crippen molar-refractivity contribution in [1.29, 1.82) is 0 Å². The Morgan fingerprint density at radius 3 is 2.62 bits per heavy atom. The zero-order chi connectivity index (χ0) is 15.5. The first kappa shape index (κ1) is 16.7. The number of esters is 1. The first-order valence-electron chi connectivity index (χ1n) is 8.28. The largest absolute Gasteiger partial charge is 0.465 e. The van der Waals surface area contributed by atoms with Gasteiger partial charge in [-0.2, -0.15) is 0 Å². The summed E-state index contributed by atoms with van der Waals surface area (Å²) in [5.74, 6) is 0.364. The quantitative estimate of drug-likeness (QED) is 0.709. The first-order valence-corrected chi connectivity index (χ1v) is 8.28. The fourth-order valence-corrected chi connectivity index (χ4v) is 3.53. The minimum Gasteiger partial charge on any atom is -0.465 e. The topological polar surface area (TPSA) is 44.8 Å². The number of piperidine rings is 1. The third-order valence-corrected chi connectivity index (χ3v) is 5.04. The van der Waals surface area contributed by atoms with Gasteiger partial charge in [0.2, 0.25) is 0 Å². The van der Waals surface area contributed by atoms with Crippen molar-refractivity contribution in [3.8, 4) is 0 Å². The Balaban J connectivity index is 2.06. The van der Waals surface area contributed by atoms with E-state index < -0.39 is 5.54 Å². The molecule has 0 bridgehead atoms. The maximum absolute atomic E-state index is 12.5. The molecule has 1 N–H and O–H groups in total. The van der Waals surface area contributed by atoms with Gasteiger partial charge in [-0.05, 0) is 66.2 Å². The zero-order valence-electron chi connectivity index (χ0n) is 14.0. The molecule has 2 unspecified atom stereocenters. The van der Waals surface area contributed by atoms with Gasteiger partial charge >= 0.3 is 5.97 Å². The van der Waals surface area contributed by atoms with Crippen LogP contribution in [0.5, 0.6) is 0 Å². The van der Waals surface area contributed by atoms with Crippen molar-refractivity contribution in [3.05, 3.63) is 0 Å². The Labute approximate surface area is 129 Å². The molecule has 0 spiro atoms. The second kappa shape index (κ2) is 7.07. The normalized spacial score (nSPS) is 26.6. The predicted octanol–water partition coefficient (Wildman–Crippen LogP) is 0.944. The fourth-order valence-electron chi connectivity index (χ4n) is 3.53. The number of likely N-dealkylation sites (N-methyl/N-ethyl adjacent to an activating group) is 2. The van der Waals surface area contributed by atoms with Gasteiger partial charge in [-0.15, -0.1) is 0 Å². The van der Waals surface area contributed by atoms with E-state index in [4.69, 9.17) is 4.74 Å². The van der Waals surface area contributed by atoms with Gasteiger partial charge in [0.05, 0.1) is 6.61 Å². The molecule has 5 nitrogen and oxygen atoms in total. The van der Waals surface area contributed by atoms with E-state index in [9.17, 15) is 4.79 Å². The molecule has 1 aliphatic heterocycles. The highest BCUT2D eigenvalue weighted by molar-refractivity contribution is 5.82. The van der Waals surface area contributed by atoms with E-state index in [0.717, 1.165) is 32.5 Å². The van der Waals surface area contributed by atoms with E-state index in [1.54, 1.807) is 0 Å². The SMILES string of the molecule is CCOC(=O)C(CN1CCCC(N(C)C)C1)(NC)C1CC1. The van der Waals surface area contributed by atoms with Crippen molar-refractivity contribution < 1.29 is 9.53 Å². The van der Waals surface area contributed by atoms with Gasteiger partial charge in [-0.1, -0.05) is 0 Å². The van der Waals surface area contributed by atoms with Crippen molar-refractivity contribution in [3.63, 3.8) is 0 Å². The van der Waals surface area contributed by atoms with Crippen molar-refractivity contribution in [2.75, 3.05) is 47.4 Å². The number of ether oxygens (including phenoxy) is 1. The molecule has 122 valence electrons. The summed E-state index contributed by atoms with van der Waals surface area (Å²) in [6.45, 7) is 5.24. The Hall–Kier alpha value is -0.650. The van der Waals surface area contributed by atoms with Crippen LogP contribution in [0.4, 0.5) is 0 Å². The standard InChI is InChI=1S/C16H31N3O2/c1-5-21-15(20)16(17-2,13-8-9-13)12-19-10-6-7-14(11-19)18(3)4/h13-14,17H,5-12H2,1-4H3. The minimum atomic E-state index is -0.510. The molecule has 5 heteroatoms. The maximum atomic E-state index is 12.5. The van der Waals surface area contributed by atoms with Crippen molar-refractivity contribution in [2.45, 2.75) is 44.2 Å². The summed E-state index contributed by atoms with van der Waals surface area (Å²) in [7, 11) is 6.19. The molecule has 2 fully saturated rings. The Morgan fingerprint density at radius 1 is 1.38 bits per heavy atom. The molecule has 1 saturated carbocycles. The molecule has 1 aliphatic carbocycles. The molecule has 0 aromatic rings. The van der Waals surface area contributed by atoms with Gasteiger partial charge in [0.1, 0.15) is 5.54 Å². The molecule has 0 aromatic heterocycles. The zero-order valence-corrected chi connectivity index (χ0v) is 14.0. The number of carbonyl (C=O) groups excluding carboxylic acids is 1. The number of nitrogens with zero attached hydrogens (tertiary/aromatic N) is 2. The van der Waals surface area contributed by atoms with Gasteiger partial charge in [0.25, 0.3) is 0 Å². The molecule has 0 radical (unpaired) electrons. The summed E-state index contributed by atoms with van der Waals surface area (Å²) in [4.78, 5) is 17.3. The summed E-state index contributed by atoms with van der Waals surface area (Å²) in [5.41, 5.74) is -0.510. The van der Waals surface area contributed by atoms with Gasteiger partial charge in [-0.25, -0.2) is 4.79 Å². The lowest BCUT2D eigenvalue weighted by molar-refractivity contribution is -0.153. The van der Waals surface area contributed by atoms with Crippen molar-refractivity contribution in [1.82, 2.24) is 15.1 Å². The third kappa shape index (κ3) is 3.76. The van der Waals surface area contributed by atoms with Gasteiger partial charge in [0.15, 0.2) is 0 Å². The Kier molecular flexibility index (Phi) is 5.63. The number of likely N-dealkylation sites (tertiary alicyclic amines) is 1. The van der Waals surface area contributed by atoms with Crippen molar-refractivity contribution >= 4 is 5.97 Å². The molecule has 2 aliphatic rings. The van der Waals surface area contributed by atoms with Gasteiger partial charge < -0.3 is 15.0 Å². The lowest BCUT2D eigenvalue weighted by Gasteiger charge is -2.41. The molecule has 1 heterocycles. The van der Waals surface area contributed by atoms with Crippen LogP contribution in [0.2, 0.25) is 0 Å².